The van der Waals surface area contributed by atoms with E-state index in [1.165, 1.54) is 18.2 Å². The van der Waals surface area contributed by atoms with Crippen molar-refractivity contribution < 1.29 is 23.9 Å². The molecule has 0 saturated carbocycles. The van der Waals surface area contributed by atoms with Gasteiger partial charge in [0.2, 0.25) is 0 Å². The van der Waals surface area contributed by atoms with Crippen molar-refractivity contribution in [3.8, 4) is 11.5 Å². The van der Waals surface area contributed by atoms with Gasteiger partial charge in [-0.05, 0) is 49.8 Å². The van der Waals surface area contributed by atoms with Crippen molar-refractivity contribution in [2.24, 2.45) is 0 Å². The lowest BCUT2D eigenvalue weighted by atomic mass is 10.1. The van der Waals surface area contributed by atoms with Gasteiger partial charge in [0.15, 0.2) is 11.5 Å². The Morgan fingerprint density at radius 2 is 1.71 bits per heavy atom. The van der Waals surface area contributed by atoms with Gasteiger partial charge in [-0.3, -0.25) is 14.9 Å². The highest BCUT2D eigenvalue weighted by Gasteiger charge is 2.38. The molecule has 0 spiro atoms. The maximum Gasteiger partial charge on any atom is 0.336 e. The van der Waals surface area contributed by atoms with Crippen LogP contribution in [-0.2, 0) is 9.59 Å². The second-order valence-corrected chi connectivity index (χ2v) is 7.86. The summed E-state index contributed by atoms with van der Waals surface area (Å²) in [5.74, 6) is -0.700. The highest BCUT2D eigenvalue weighted by Crippen LogP contribution is 2.37. The molecule has 1 N–H and O–H groups in total. The second-order valence-electron chi connectivity index (χ2n) is 6.22. The fourth-order valence-corrected chi connectivity index (χ4v) is 3.71. The lowest BCUT2D eigenvalue weighted by molar-refractivity contribution is -0.122. The second kappa shape index (κ2) is 9.72. The van der Waals surface area contributed by atoms with Crippen molar-refractivity contribution in [3.05, 3.63) is 56.0 Å². The quantitative estimate of drug-likeness (QED) is 0.411. The van der Waals surface area contributed by atoms with Gasteiger partial charge in [0.25, 0.3) is 11.8 Å². The molecule has 1 saturated heterocycles. The monoisotopic (exact) mass is 526 g/mol. The third-order valence-electron chi connectivity index (χ3n) is 4.24. The molecule has 0 bridgehead atoms. The Hall–Kier alpha value is -2.55. The summed E-state index contributed by atoms with van der Waals surface area (Å²) in [6.45, 7) is 4.50. The number of hydrogen-bond acceptors (Lipinski definition) is 5. The third-order valence-corrected chi connectivity index (χ3v) is 5.73. The van der Waals surface area contributed by atoms with E-state index >= 15 is 0 Å². The lowest BCUT2D eigenvalue weighted by Crippen LogP contribution is -2.54. The molecule has 1 fully saturated rings. The molecule has 10 heteroatoms. The molecule has 1 aliphatic heterocycles. The van der Waals surface area contributed by atoms with E-state index in [2.05, 4.69) is 21.2 Å². The van der Waals surface area contributed by atoms with Crippen LogP contribution in [0.4, 0.5) is 10.5 Å². The van der Waals surface area contributed by atoms with E-state index < -0.39 is 17.8 Å². The normalized spacial score (nSPS) is 15.3. The summed E-state index contributed by atoms with van der Waals surface area (Å²) in [6, 6.07) is 6.92. The molecule has 7 nitrogen and oxygen atoms in total. The molecule has 1 aliphatic rings. The number of halogens is 3. The number of carbonyl (C=O) groups is 3. The fourth-order valence-electron chi connectivity index (χ4n) is 2.89. The minimum Gasteiger partial charge on any atom is -0.490 e. The lowest BCUT2D eigenvalue weighted by Gasteiger charge is -2.27. The van der Waals surface area contributed by atoms with Gasteiger partial charge >= 0.3 is 6.03 Å². The van der Waals surface area contributed by atoms with E-state index in [0.717, 1.165) is 4.90 Å². The summed E-state index contributed by atoms with van der Waals surface area (Å²) < 4.78 is 11.7. The standard InChI is InChI=1S/C21H17BrCl2N2O5/c1-3-30-16-9-11(13(22)10-17(16)31-4-2)8-12-19(27)25-21(29)26(20(12)28)15-7-5-6-14(23)18(15)24/h5-10H,3-4H2,1-2H3,(H,25,27,29)/b12-8+. The first-order valence-corrected chi connectivity index (χ1v) is 10.8. The molecule has 0 atom stereocenters. The Bertz CT molecular complexity index is 1100. The number of barbiturate groups is 1. The fraction of sp³-hybridized carbons (Fsp3) is 0.190. The summed E-state index contributed by atoms with van der Waals surface area (Å²) in [5, 5.41) is 2.33. The maximum atomic E-state index is 13.1. The molecule has 3 rings (SSSR count). The van der Waals surface area contributed by atoms with Crippen molar-refractivity contribution in [1.29, 1.82) is 0 Å². The minimum atomic E-state index is -0.919. The van der Waals surface area contributed by atoms with Gasteiger partial charge in [-0.15, -0.1) is 0 Å². The van der Waals surface area contributed by atoms with Gasteiger partial charge in [0.05, 0.1) is 28.9 Å². The van der Waals surface area contributed by atoms with Gasteiger partial charge in [-0.2, -0.15) is 0 Å². The van der Waals surface area contributed by atoms with Crippen LogP contribution in [-0.4, -0.2) is 31.1 Å². The Balaban J connectivity index is 2.08. The van der Waals surface area contributed by atoms with Gasteiger partial charge in [0.1, 0.15) is 5.57 Å². The highest BCUT2D eigenvalue weighted by molar-refractivity contribution is 9.10. The maximum absolute atomic E-state index is 13.1. The Morgan fingerprint density at radius 1 is 1.06 bits per heavy atom. The highest BCUT2D eigenvalue weighted by atomic mass is 79.9. The van der Waals surface area contributed by atoms with Crippen LogP contribution in [0.3, 0.4) is 0 Å². The molecule has 162 valence electrons. The van der Waals surface area contributed by atoms with Crippen molar-refractivity contribution in [3.63, 3.8) is 0 Å². The smallest absolute Gasteiger partial charge is 0.336 e. The Kier molecular flexibility index (Phi) is 7.25. The van der Waals surface area contributed by atoms with Gasteiger partial charge in [-0.1, -0.05) is 45.2 Å². The molecule has 0 unspecified atom stereocenters. The minimum absolute atomic E-state index is 0.0160. The van der Waals surface area contributed by atoms with E-state index in [-0.39, 0.29) is 21.3 Å². The van der Waals surface area contributed by atoms with Crippen molar-refractivity contribution in [2.45, 2.75) is 13.8 Å². The number of carbonyl (C=O) groups excluding carboxylic acids is 3. The molecule has 0 aromatic heterocycles. The van der Waals surface area contributed by atoms with Gasteiger partial charge in [-0.25, -0.2) is 9.69 Å². The van der Waals surface area contributed by atoms with Gasteiger partial charge < -0.3 is 9.47 Å². The summed E-state index contributed by atoms with van der Waals surface area (Å²) in [5.41, 5.74) is 0.288. The van der Waals surface area contributed by atoms with Crippen molar-refractivity contribution >= 4 is 68.7 Å². The Labute approximate surface area is 197 Å². The van der Waals surface area contributed by atoms with E-state index in [0.29, 0.717) is 34.7 Å². The van der Waals surface area contributed by atoms with Crippen LogP contribution >= 0.6 is 39.1 Å². The molecular formula is C21H17BrCl2N2O5. The average molecular weight is 528 g/mol. The van der Waals surface area contributed by atoms with E-state index in [4.69, 9.17) is 32.7 Å². The summed E-state index contributed by atoms with van der Waals surface area (Å²) in [4.78, 5) is 38.7. The van der Waals surface area contributed by atoms with E-state index in [1.54, 1.807) is 18.2 Å². The number of hydrogen-bond donors (Lipinski definition) is 1. The number of benzene rings is 2. The first kappa shape index (κ1) is 23.1. The average Bonchev–Trinajstić information content (AvgIpc) is 2.71. The number of urea groups is 1. The first-order valence-electron chi connectivity index (χ1n) is 9.23. The molecule has 2 aromatic rings. The number of rotatable bonds is 6. The summed E-state index contributed by atoms with van der Waals surface area (Å²) in [6.07, 6.45) is 1.36. The summed E-state index contributed by atoms with van der Waals surface area (Å²) in [7, 11) is 0. The van der Waals surface area contributed by atoms with Crippen LogP contribution in [0, 0.1) is 0 Å². The number of imide groups is 2. The van der Waals surface area contributed by atoms with Crippen molar-refractivity contribution in [1.82, 2.24) is 5.32 Å². The topological polar surface area (TPSA) is 84.9 Å². The molecular weight excluding hydrogens is 511 g/mol. The number of nitrogens with one attached hydrogen (secondary N) is 1. The van der Waals surface area contributed by atoms with Crippen LogP contribution in [0.15, 0.2) is 40.4 Å². The zero-order valence-corrected chi connectivity index (χ0v) is 19.6. The molecule has 0 radical (unpaired) electrons. The van der Waals surface area contributed by atoms with Crippen LogP contribution in [0.1, 0.15) is 19.4 Å². The molecule has 2 aromatic carbocycles. The predicted octanol–water partition coefficient (Wildman–Crippen LogP) is 5.22. The van der Waals surface area contributed by atoms with E-state index in [1.807, 2.05) is 13.8 Å². The van der Waals surface area contributed by atoms with Crippen molar-refractivity contribution in [2.75, 3.05) is 18.1 Å². The molecule has 1 heterocycles. The summed E-state index contributed by atoms with van der Waals surface area (Å²) >= 11 is 15.6. The molecule has 4 amide bonds. The zero-order chi connectivity index (χ0) is 22.7. The Morgan fingerprint density at radius 3 is 2.35 bits per heavy atom. The number of nitrogens with zero attached hydrogens (tertiary/aromatic N) is 1. The van der Waals surface area contributed by atoms with Crippen LogP contribution in [0.25, 0.3) is 6.08 Å². The first-order chi connectivity index (χ1) is 14.8. The van der Waals surface area contributed by atoms with Crippen LogP contribution in [0.5, 0.6) is 11.5 Å². The molecule has 0 aliphatic carbocycles. The van der Waals surface area contributed by atoms with Gasteiger partial charge in [0, 0.05) is 4.47 Å². The number of anilines is 1. The number of amides is 4. The van der Waals surface area contributed by atoms with Crippen LogP contribution < -0.4 is 19.7 Å². The SMILES string of the molecule is CCOc1cc(Br)c(/C=C2\C(=O)NC(=O)N(c3cccc(Cl)c3Cl)C2=O)cc1OCC. The van der Waals surface area contributed by atoms with E-state index in [9.17, 15) is 14.4 Å². The molecule has 31 heavy (non-hydrogen) atoms. The largest absolute Gasteiger partial charge is 0.490 e. The third kappa shape index (κ3) is 4.71. The predicted molar refractivity (Wildman–Crippen MR) is 122 cm³/mol. The van der Waals surface area contributed by atoms with Crippen LogP contribution in [0.2, 0.25) is 10.0 Å². The zero-order valence-electron chi connectivity index (χ0n) is 16.5. The number of ether oxygens (including phenoxy) is 2.